The van der Waals surface area contributed by atoms with Crippen molar-refractivity contribution >= 4 is 17.9 Å². The van der Waals surface area contributed by atoms with Crippen molar-refractivity contribution in [1.29, 1.82) is 0 Å². The molecule has 0 aromatic heterocycles. The Morgan fingerprint density at radius 1 is 0.349 bits per heavy atom. The molecule has 0 rings (SSSR count). The molecule has 0 spiro atoms. The number of esters is 3. The van der Waals surface area contributed by atoms with Gasteiger partial charge in [0.2, 0.25) is 0 Å². The number of carbonyl (C=O) groups is 3. The van der Waals surface area contributed by atoms with Gasteiger partial charge in [-0.3, -0.25) is 14.4 Å². The quantitative estimate of drug-likeness (QED) is 0.0199. The van der Waals surface area contributed by atoms with Gasteiger partial charge in [0.25, 0.3) is 0 Å². The summed E-state index contributed by atoms with van der Waals surface area (Å²) in [6, 6.07) is 0. The molecule has 1 unspecified atom stereocenters. The molecule has 6 nitrogen and oxygen atoms in total. The largest absolute Gasteiger partial charge is 0.462 e. The standard InChI is InChI=1S/C57H100O6/c1-4-7-10-13-16-19-22-24-26-27-28-29-31-32-35-38-41-44-47-50-56(59)62-53-54(52-61-55(58)49-46-43-40-37-34-21-18-15-12-9-6-3)63-57(60)51-48-45-42-39-36-33-30-25-23-20-17-14-11-8-5-2/h7,10,15-16,18-19,21,24,26,34,54H,4-6,8-9,11-14,17,20,22-23,25,27-33,35-53H2,1-3H3/b10-7-,18-15-,19-16-,26-24-,34-21-. The monoisotopic (exact) mass is 881 g/mol. The lowest BCUT2D eigenvalue weighted by Crippen LogP contribution is -2.30. The van der Waals surface area contributed by atoms with Crippen molar-refractivity contribution in [1.82, 2.24) is 0 Å². The van der Waals surface area contributed by atoms with Gasteiger partial charge in [-0.2, -0.15) is 0 Å². The van der Waals surface area contributed by atoms with Crippen molar-refractivity contribution in [2.45, 2.75) is 271 Å². The second-order valence-electron chi connectivity index (χ2n) is 17.8. The normalized spacial score (nSPS) is 12.5. The van der Waals surface area contributed by atoms with E-state index in [1.165, 1.54) is 135 Å². The van der Waals surface area contributed by atoms with Gasteiger partial charge in [0.1, 0.15) is 13.2 Å². The summed E-state index contributed by atoms with van der Waals surface area (Å²) in [6.07, 6.45) is 63.5. The Morgan fingerprint density at radius 3 is 1.13 bits per heavy atom. The first-order valence-electron chi connectivity index (χ1n) is 26.8. The molecule has 0 amide bonds. The predicted molar refractivity (Wildman–Crippen MR) is 270 cm³/mol. The molecule has 0 aromatic carbocycles. The molecule has 0 saturated heterocycles. The van der Waals surface area contributed by atoms with Crippen molar-refractivity contribution in [2.24, 2.45) is 0 Å². The zero-order valence-electron chi connectivity index (χ0n) is 41.6. The van der Waals surface area contributed by atoms with E-state index in [1.54, 1.807) is 0 Å². The highest BCUT2D eigenvalue weighted by Crippen LogP contribution is 2.16. The van der Waals surface area contributed by atoms with Crippen molar-refractivity contribution in [3.05, 3.63) is 60.8 Å². The van der Waals surface area contributed by atoms with Crippen LogP contribution in [0.1, 0.15) is 265 Å². The third kappa shape index (κ3) is 50.0. The van der Waals surface area contributed by atoms with Crippen molar-refractivity contribution in [3.8, 4) is 0 Å². The first-order chi connectivity index (χ1) is 31.0. The van der Waals surface area contributed by atoms with E-state index in [2.05, 4.69) is 81.5 Å². The number of hydrogen-bond acceptors (Lipinski definition) is 6. The topological polar surface area (TPSA) is 78.9 Å². The molecule has 0 radical (unpaired) electrons. The van der Waals surface area contributed by atoms with E-state index in [-0.39, 0.29) is 31.1 Å². The summed E-state index contributed by atoms with van der Waals surface area (Å²) in [7, 11) is 0. The number of hydrogen-bond donors (Lipinski definition) is 0. The summed E-state index contributed by atoms with van der Waals surface area (Å²) >= 11 is 0. The van der Waals surface area contributed by atoms with E-state index < -0.39 is 6.10 Å². The Kier molecular flexibility index (Phi) is 49.4. The molecule has 0 aliphatic carbocycles. The third-order valence-corrected chi connectivity index (χ3v) is 11.5. The van der Waals surface area contributed by atoms with Crippen molar-refractivity contribution < 1.29 is 28.6 Å². The maximum absolute atomic E-state index is 12.8. The average molecular weight is 881 g/mol. The minimum Gasteiger partial charge on any atom is -0.462 e. The molecule has 0 bridgehead atoms. The van der Waals surface area contributed by atoms with Gasteiger partial charge in [-0.25, -0.2) is 0 Å². The average Bonchev–Trinajstić information content (AvgIpc) is 3.28. The predicted octanol–water partition coefficient (Wildman–Crippen LogP) is 17.6. The molecule has 0 N–H and O–H groups in total. The van der Waals surface area contributed by atoms with E-state index in [9.17, 15) is 14.4 Å². The van der Waals surface area contributed by atoms with Crippen molar-refractivity contribution in [3.63, 3.8) is 0 Å². The fourth-order valence-corrected chi connectivity index (χ4v) is 7.49. The Hall–Kier alpha value is -2.89. The third-order valence-electron chi connectivity index (χ3n) is 11.5. The molecule has 1 atom stereocenters. The molecular formula is C57H100O6. The van der Waals surface area contributed by atoms with Gasteiger partial charge in [-0.05, 0) is 70.6 Å². The van der Waals surface area contributed by atoms with Gasteiger partial charge < -0.3 is 14.2 Å². The van der Waals surface area contributed by atoms with Gasteiger partial charge in [0, 0.05) is 19.3 Å². The molecule has 0 saturated carbocycles. The molecule has 0 aliphatic heterocycles. The molecule has 0 aromatic rings. The Labute approximate surface area is 390 Å². The second kappa shape index (κ2) is 51.7. The Balaban J connectivity index is 4.34. The maximum atomic E-state index is 12.8. The van der Waals surface area contributed by atoms with Crippen LogP contribution in [0.5, 0.6) is 0 Å². The first-order valence-corrected chi connectivity index (χ1v) is 26.8. The van der Waals surface area contributed by atoms with Crippen LogP contribution < -0.4 is 0 Å². The lowest BCUT2D eigenvalue weighted by molar-refractivity contribution is -0.167. The maximum Gasteiger partial charge on any atom is 0.306 e. The van der Waals surface area contributed by atoms with Gasteiger partial charge >= 0.3 is 17.9 Å². The van der Waals surface area contributed by atoms with E-state index >= 15 is 0 Å². The zero-order chi connectivity index (χ0) is 45.8. The lowest BCUT2D eigenvalue weighted by atomic mass is 10.0. The molecule has 364 valence electrons. The molecule has 0 heterocycles. The van der Waals surface area contributed by atoms with Gasteiger partial charge in [-0.1, -0.05) is 236 Å². The van der Waals surface area contributed by atoms with Gasteiger partial charge in [0.15, 0.2) is 6.10 Å². The number of allylic oxidation sites excluding steroid dienone is 10. The van der Waals surface area contributed by atoms with Crippen LogP contribution in [0, 0.1) is 0 Å². The van der Waals surface area contributed by atoms with E-state index in [1.807, 2.05) is 0 Å². The number of unbranched alkanes of at least 4 members (excludes halogenated alkanes) is 28. The summed E-state index contributed by atoms with van der Waals surface area (Å²) in [6.45, 7) is 6.47. The summed E-state index contributed by atoms with van der Waals surface area (Å²) in [4.78, 5) is 38.0. The zero-order valence-corrected chi connectivity index (χ0v) is 41.6. The molecule has 0 aliphatic rings. The van der Waals surface area contributed by atoms with Gasteiger partial charge in [-0.15, -0.1) is 0 Å². The van der Waals surface area contributed by atoms with Crippen LogP contribution in [0.3, 0.4) is 0 Å². The fraction of sp³-hybridized carbons (Fsp3) is 0.772. The van der Waals surface area contributed by atoms with E-state index in [4.69, 9.17) is 14.2 Å². The highest BCUT2D eigenvalue weighted by molar-refractivity contribution is 5.71. The highest BCUT2D eigenvalue weighted by atomic mass is 16.6. The minimum atomic E-state index is -0.784. The second-order valence-corrected chi connectivity index (χ2v) is 17.8. The summed E-state index contributed by atoms with van der Waals surface area (Å²) in [5, 5.41) is 0. The summed E-state index contributed by atoms with van der Waals surface area (Å²) in [5.41, 5.74) is 0. The molecular weight excluding hydrogens is 781 g/mol. The van der Waals surface area contributed by atoms with E-state index in [0.29, 0.717) is 19.3 Å². The highest BCUT2D eigenvalue weighted by Gasteiger charge is 2.19. The first kappa shape index (κ1) is 60.1. The Bertz CT molecular complexity index is 1150. The lowest BCUT2D eigenvalue weighted by Gasteiger charge is -2.18. The van der Waals surface area contributed by atoms with Crippen LogP contribution in [0.25, 0.3) is 0 Å². The van der Waals surface area contributed by atoms with Crippen LogP contribution in [0.4, 0.5) is 0 Å². The minimum absolute atomic E-state index is 0.0836. The summed E-state index contributed by atoms with van der Waals surface area (Å²) < 4.78 is 16.8. The number of ether oxygens (including phenoxy) is 3. The van der Waals surface area contributed by atoms with Crippen LogP contribution in [-0.2, 0) is 28.6 Å². The van der Waals surface area contributed by atoms with Crippen LogP contribution >= 0.6 is 0 Å². The van der Waals surface area contributed by atoms with Crippen LogP contribution in [0.2, 0.25) is 0 Å². The van der Waals surface area contributed by atoms with Crippen molar-refractivity contribution in [2.75, 3.05) is 13.2 Å². The fourth-order valence-electron chi connectivity index (χ4n) is 7.49. The number of carbonyl (C=O) groups excluding carboxylic acids is 3. The Morgan fingerprint density at radius 2 is 0.683 bits per heavy atom. The molecule has 6 heteroatoms. The van der Waals surface area contributed by atoms with E-state index in [0.717, 1.165) is 89.9 Å². The molecule has 63 heavy (non-hydrogen) atoms. The molecule has 0 fully saturated rings. The summed E-state index contributed by atoms with van der Waals surface area (Å²) in [5.74, 6) is -0.910. The van der Waals surface area contributed by atoms with Crippen LogP contribution in [0.15, 0.2) is 60.8 Å². The van der Waals surface area contributed by atoms with Gasteiger partial charge in [0.05, 0.1) is 0 Å². The number of rotatable bonds is 48. The SMILES string of the molecule is CC/C=C\C/C=C\C/C=C\CCCCCCCCCCCC(=O)OCC(COC(=O)CCCCC/C=C\C=C/CCCC)OC(=O)CCCCCCCCCCCCCCCCC. The van der Waals surface area contributed by atoms with Crippen LogP contribution in [-0.4, -0.2) is 37.2 Å². The smallest absolute Gasteiger partial charge is 0.306 e.